The zero-order valence-electron chi connectivity index (χ0n) is 14.0. The van der Waals surface area contributed by atoms with E-state index in [1.54, 1.807) is 31.4 Å². The molecule has 24 heavy (non-hydrogen) atoms. The molecule has 4 heteroatoms. The number of methoxy groups -OCH3 is 1. The van der Waals surface area contributed by atoms with Gasteiger partial charge >= 0.3 is 0 Å². The normalized spacial score (nSPS) is 21.6. The summed E-state index contributed by atoms with van der Waals surface area (Å²) in [6, 6.07) is 15.5. The van der Waals surface area contributed by atoms with E-state index < -0.39 is 6.10 Å². The van der Waals surface area contributed by atoms with Crippen molar-refractivity contribution in [3.63, 3.8) is 0 Å². The van der Waals surface area contributed by atoms with Crippen molar-refractivity contribution in [3.8, 4) is 11.5 Å². The highest BCUT2D eigenvalue weighted by Crippen LogP contribution is 2.28. The van der Waals surface area contributed by atoms with Gasteiger partial charge < -0.3 is 20.3 Å². The van der Waals surface area contributed by atoms with E-state index in [1.807, 2.05) is 12.1 Å². The average Bonchev–Trinajstić information content (AvgIpc) is 3.09. The van der Waals surface area contributed by atoms with Crippen LogP contribution in [0, 0.1) is 0 Å². The van der Waals surface area contributed by atoms with E-state index in [9.17, 15) is 10.2 Å². The third-order valence-corrected chi connectivity index (χ3v) is 4.83. The zero-order valence-corrected chi connectivity index (χ0v) is 14.0. The molecule has 1 aliphatic heterocycles. The molecular formula is C20H25NO3. The van der Waals surface area contributed by atoms with Crippen LogP contribution in [0.25, 0.3) is 0 Å². The highest BCUT2D eigenvalue weighted by Gasteiger charge is 2.29. The SMILES string of the molecule is COc1ccc(CCC2CCC(C(O)c3ccc(O)cc3)N2)cc1. The molecule has 0 radical (unpaired) electrons. The molecule has 4 nitrogen and oxygen atoms in total. The van der Waals surface area contributed by atoms with Crippen LogP contribution in [0.2, 0.25) is 0 Å². The Hall–Kier alpha value is -2.04. The second-order valence-electron chi connectivity index (χ2n) is 6.47. The van der Waals surface area contributed by atoms with Gasteiger partial charge in [-0.2, -0.15) is 0 Å². The number of aryl methyl sites for hydroxylation is 1. The van der Waals surface area contributed by atoms with Crippen molar-refractivity contribution in [2.75, 3.05) is 7.11 Å². The van der Waals surface area contributed by atoms with Crippen LogP contribution >= 0.6 is 0 Å². The number of aliphatic hydroxyl groups is 1. The van der Waals surface area contributed by atoms with E-state index in [0.717, 1.165) is 37.0 Å². The number of rotatable bonds is 6. The summed E-state index contributed by atoms with van der Waals surface area (Å²) in [6.45, 7) is 0. The van der Waals surface area contributed by atoms with Gasteiger partial charge in [0.1, 0.15) is 11.5 Å². The zero-order chi connectivity index (χ0) is 16.9. The lowest BCUT2D eigenvalue weighted by molar-refractivity contribution is 0.135. The molecule has 1 aliphatic rings. The van der Waals surface area contributed by atoms with Gasteiger partial charge in [0.15, 0.2) is 0 Å². The topological polar surface area (TPSA) is 61.7 Å². The predicted octanol–water partition coefficient (Wildman–Crippen LogP) is 3.19. The van der Waals surface area contributed by atoms with Crippen LogP contribution in [0.4, 0.5) is 0 Å². The Morgan fingerprint density at radius 1 is 1.08 bits per heavy atom. The molecule has 3 unspecified atom stereocenters. The van der Waals surface area contributed by atoms with Crippen molar-refractivity contribution in [2.45, 2.75) is 43.9 Å². The molecule has 0 aromatic heterocycles. The number of nitrogens with one attached hydrogen (secondary N) is 1. The van der Waals surface area contributed by atoms with Crippen molar-refractivity contribution in [3.05, 3.63) is 59.7 Å². The van der Waals surface area contributed by atoms with Gasteiger partial charge in [0.25, 0.3) is 0 Å². The molecule has 2 aromatic carbocycles. The minimum absolute atomic E-state index is 0.0791. The number of aromatic hydroxyl groups is 1. The van der Waals surface area contributed by atoms with E-state index in [0.29, 0.717) is 6.04 Å². The third-order valence-electron chi connectivity index (χ3n) is 4.83. The molecule has 3 N–H and O–H groups in total. The molecule has 128 valence electrons. The summed E-state index contributed by atoms with van der Waals surface area (Å²) in [5.41, 5.74) is 2.15. The van der Waals surface area contributed by atoms with Crippen LogP contribution in [-0.4, -0.2) is 29.4 Å². The van der Waals surface area contributed by atoms with Crippen molar-refractivity contribution >= 4 is 0 Å². The molecule has 0 saturated carbocycles. The Bertz CT molecular complexity index is 639. The number of hydrogen-bond acceptors (Lipinski definition) is 4. The van der Waals surface area contributed by atoms with Crippen LogP contribution in [0.5, 0.6) is 11.5 Å². The monoisotopic (exact) mass is 327 g/mol. The molecule has 0 spiro atoms. The molecule has 1 saturated heterocycles. The van der Waals surface area contributed by atoms with Crippen molar-refractivity contribution in [1.82, 2.24) is 5.32 Å². The molecule has 3 atom stereocenters. The van der Waals surface area contributed by atoms with Crippen molar-refractivity contribution in [1.29, 1.82) is 0 Å². The Kier molecular flexibility index (Phi) is 5.38. The number of aliphatic hydroxyl groups excluding tert-OH is 1. The fourth-order valence-corrected chi connectivity index (χ4v) is 3.36. The Balaban J connectivity index is 1.50. The molecule has 1 heterocycles. The molecule has 1 fully saturated rings. The first-order valence-electron chi connectivity index (χ1n) is 8.51. The van der Waals surface area contributed by atoms with Gasteiger partial charge in [0.2, 0.25) is 0 Å². The third kappa shape index (κ3) is 4.08. The first-order chi connectivity index (χ1) is 11.7. The molecule has 0 bridgehead atoms. The first-order valence-corrected chi connectivity index (χ1v) is 8.51. The lowest BCUT2D eigenvalue weighted by Gasteiger charge is -2.20. The summed E-state index contributed by atoms with van der Waals surface area (Å²) < 4.78 is 5.18. The van der Waals surface area contributed by atoms with Crippen LogP contribution in [0.15, 0.2) is 48.5 Å². The summed E-state index contributed by atoms with van der Waals surface area (Å²) >= 11 is 0. The van der Waals surface area contributed by atoms with Gasteiger partial charge in [-0.25, -0.2) is 0 Å². The van der Waals surface area contributed by atoms with E-state index in [1.165, 1.54) is 5.56 Å². The summed E-state index contributed by atoms with van der Waals surface area (Å²) in [6.07, 6.45) is 3.59. The van der Waals surface area contributed by atoms with E-state index in [4.69, 9.17) is 4.74 Å². The maximum Gasteiger partial charge on any atom is 0.118 e. The fourth-order valence-electron chi connectivity index (χ4n) is 3.36. The molecule has 0 aliphatic carbocycles. The van der Waals surface area contributed by atoms with Gasteiger partial charge in [0.05, 0.1) is 13.2 Å². The van der Waals surface area contributed by atoms with Gasteiger partial charge in [-0.3, -0.25) is 0 Å². The maximum absolute atomic E-state index is 10.5. The Labute approximate surface area is 143 Å². The summed E-state index contributed by atoms with van der Waals surface area (Å²) in [5, 5.41) is 23.4. The van der Waals surface area contributed by atoms with E-state index in [-0.39, 0.29) is 11.8 Å². The second kappa shape index (κ2) is 7.69. The lowest BCUT2D eigenvalue weighted by Crippen LogP contribution is -2.34. The summed E-state index contributed by atoms with van der Waals surface area (Å²) in [7, 11) is 1.68. The molecule has 3 rings (SSSR count). The average molecular weight is 327 g/mol. The van der Waals surface area contributed by atoms with Gasteiger partial charge in [0, 0.05) is 12.1 Å². The van der Waals surface area contributed by atoms with Gasteiger partial charge in [-0.05, 0) is 61.1 Å². The van der Waals surface area contributed by atoms with Crippen LogP contribution in [0.1, 0.15) is 36.5 Å². The smallest absolute Gasteiger partial charge is 0.118 e. The predicted molar refractivity (Wildman–Crippen MR) is 94.3 cm³/mol. The first kappa shape index (κ1) is 16.8. The van der Waals surface area contributed by atoms with E-state index in [2.05, 4.69) is 17.4 Å². The molecular weight excluding hydrogens is 302 g/mol. The van der Waals surface area contributed by atoms with Crippen LogP contribution in [0.3, 0.4) is 0 Å². The summed E-state index contributed by atoms with van der Waals surface area (Å²) in [4.78, 5) is 0. The molecule has 2 aromatic rings. The minimum atomic E-state index is -0.531. The van der Waals surface area contributed by atoms with Crippen molar-refractivity contribution in [2.24, 2.45) is 0 Å². The summed E-state index contributed by atoms with van der Waals surface area (Å²) in [5.74, 6) is 1.11. The minimum Gasteiger partial charge on any atom is -0.508 e. The number of ether oxygens (including phenoxy) is 1. The Morgan fingerprint density at radius 2 is 1.79 bits per heavy atom. The highest BCUT2D eigenvalue weighted by molar-refractivity contribution is 5.29. The quantitative estimate of drug-likeness (QED) is 0.762. The second-order valence-corrected chi connectivity index (χ2v) is 6.47. The Morgan fingerprint density at radius 3 is 2.46 bits per heavy atom. The number of phenols is 1. The number of hydrogen-bond donors (Lipinski definition) is 3. The lowest BCUT2D eigenvalue weighted by atomic mass is 10.0. The maximum atomic E-state index is 10.5. The van der Waals surface area contributed by atoms with Gasteiger partial charge in [-0.15, -0.1) is 0 Å². The largest absolute Gasteiger partial charge is 0.508 e. The van der Waals surface area contributed by atoms with Crippen LogP contribution < -0.4 is 10.1 Å². The number of phenolic OH excluding ortho intramolecular Hbond substituents is 1. The van der Waals surface area contributed by atoms with Crippen molar-refractivity contribution < 1.29 is 14.9 Å². The fraction of sp³-hybridized carbons (Fsp3) is 0.400. The van der Waals surface area contributed by atoms with Crippen LogP contribution in [-0.2, 0) is 6.42 Å². The standard InChI is InChI=1S/C20H25NO3/c1-24-18-11-3-14(4-12-18)2-7-16-8-13-19(21-16)20(23)15-5-9-17(22)10-6-15/h3-6,9-12,16,19-23H,2,7-8,13H2,1H3. The number of benzene rings is 2. The highest BCUT2D eigenvalue weighted by atomic mass is 16.5. The molecule has 0 amide bonds. The van der Waals surface area contributed by atoms with E-state index >= 15 is 0 Å². The van der Waals surface area contributed by atoms with Gasteiger partial charge in [-0.1, -0.05) is 24.3 Å².